The molecule has 0 amide bonds. The summed E-state index contributed by atoms with van der Waals surface area (Å²) in [4.78, 5) is 0. The molecule has 1 heterocycles. The third-order valence-electron chi connectivity index (χ3n) is 3.41. The second-order valence-corrected chi connectivity index (χ2v) is 4.50. The fourth-order valence-electron chi connectivity index (χ4n) is 2.62. The molecule has 1 aliphatic heterocycles. The molecule has 0 aromatic rings. The number of ether oxygens (including phenoxy) is 1. The van der Waals surface area contributed by atoms with Gasteiger partial charge >= 0.3 is 0 Å². The summed E-state index contributed by atoms with van der Waals surface area (Å²) >= 11 is 0. The van der Waals surface area contributed by atoms with Crippen LogP contribution in [0.25, 0.3) is 0 Å². The molecule has 1 aliphatic carbocycles. The molecule has 1 saturated heterocycles. The van der Waals surface area contributed by atoms with Crippen molar-refractivity contribution in [3.05, 3.63) is 0 Å². The molecule has 76 valence electrons. The van der Waals surface area contributed by atoms with Crippen molar-refractivity contribution in [2.45, 2.75) is 50.6 Å². The van der Waals surface area contributed by atoms with E-state index in [1.165, 1.54) is 0 Å². The highest BCUT2D eigenvalue weighted by molar-refractivity contribution is 5.02. The predicted molar refractivity (Wildman–Crippen MR) is 45.9 cm³/mol. The van der Waals surface area contributed by atoms with Crippen LogP contribution >= 0.6 is 0 Å². The van der Waals surface area contributed by atoms with E-state index in [4.69, 9.17) is 4.74 Å². The van der Waals surface area contributed by atoms with Gasteiger partial charge < -0.3 is 4.74 Å². The van der Waals surface area contributed by atoms with Crippen molar-refractivity contribution < 1.29 is 13.5 Å². The van der Waals surface area contributed by atoms with Crippen molar-refractivity contribution in [1.82, 2.24) is 0 Å². The Hall–Kier alpha value is -0.180. The fourth-order valence-corrected chi connectivity index (χ4v) is 2.62. The van der Waals surface area contributed by atoms with Crippen molar-refractivity contribution in [3.8, 4) is 0 Å². The second kappa shape index (κ2) is 2.91. The molecule has 0 bridgehead atoms. The van der Waals surface area contributed by atoms with E-state index < -0.39 is 11.5 Å². The molecule has 1 spiro atoms. The summed E-state index contributed by atoms with van der Waals surface area (Å²) < 4.78 is 32.4. The van der Waals surface area contributed by atoms with Crippen LogP contribution in [-0.4, -0.2) is 18.1 Å². The second-order valence-electron chi connectivity index (χ2n) is 4.50. The van der Waals surface area contributed by atoms with Gasteiger partial charge in [-0.3, -0.25) is 0 Å². The van der Waals surface area contributed by atoms with E-state index in [1.54, 1.807) is 0 Å². The van der Waals surface area contributed by atoms with Crippen molar-refractivity contribution in [2.24, 2.45) is 5.92 Å². The van der Waals surface area contributed by atoms with Crippen LogP contribution in [0.15, 0.2) is 0 Å². The summed E-state index contributed by atoms with van der Waals surface area (Å²) in [6.07, 6.45) is 2.64. The summed E-state index contributed by atoms with van der Waals surface area (Å²) in [6.45, 7) is 2.55. The minimum absolute atomic E-state index is 0.0136. The van der Waals surface area contributed by atoms with E-state index in [0.717, 1.165) is 6.42 Å². The zero-order chi connectivity index (χ0) is 9.53. The first kappa shape index (κ1) is 9.38. The summed E-state index contributed by atoms with van der Waals surface area (Å²) in [7, 11) is 0. The van der Waals surface area contributed by atoms with Gasteiger partial charge in [-0.15, -0.1) is 0 Å². The van der Waals surface area contributed by atoms with E-state index in [9.17, 15) is 8.78 Å². The van der Waals surface area contributed by atoms with Gasteiger partial charge in [0.1, 0.15) is 5.60 Å². The van der Waals surface area contributed by atoms with Crippen LogP contribution in [0.2, 0.25) is 0 Å². The predicted octanol–water partition coefficient (Wildman–Crippen LogP) is 2.99. The zero-order valence-electron chi connectivity index (χ0n) is 7.98. The molecule has 2 fully saturated rings. The minimum Gasteiger partial charge on any atom is -0.369 e. The molecule has 0 aromatic heterocycles. The maximum atomic E-state index is 13.5. The lowest BCUT2D eigenvalue weighted by atomic mass is 9.84. The minimum atomic E-state index is -2.58. The van der Waals surface area contributed by atoms with Crippen LogP contribution in [0.4, 0.5) is 8.78 Å². The molecule has 0 radical (unpaired) electrons. The Kier molecular flexibility index (Phi) is 2.10. The Morgan fingerprint density at radius 2 is 2.08 bits per heavy atom. The van der Waals surface area contributed by atoms with Gasteiger partial charge in [0.2, 0.25) is 0 Å². The summed E-state index contributed by atoms with van der Waals surface area (Å²) in [5, 5.41) is 0. The Bertz CT molecular complexity index is 205. The highest BCUT2D eigenvalue weighted by Crippen LogP contribution is 2.51. The molecule has 1 nitrogen and oxygen atoms in total. The van der Waals surface area contributed by atoms with Crippen LogP contribution in [0.3, 0.4) is 0 Å². The number of alkyl halides is 2. The first-order valence-corrected chi connectivity index (χ1v) is 5.08. The third-order valence-corrected chi connectivity index (χ3v) is 3.41. The van der Waals surface area contributed by atoms with Crippen molar-refractivity contribution >= 4 is 0 Å². The van der Waals surface area contributed by atoms with Gasteiger partial charge in [-0.25, -0.2) is 8.78 Å². The van der Waals surface area contributed by atoms with Gasteiger partial charge in [0.25, 0.3) is 5.92 Å². The Balaban J connectivity index is 2.18. The molecule has 2 aliphatic rings. The van der Waals surface area contributed by atoms with Gasteiger partial charge in [0.15, 0.2) is 0 Å². The number of hydrogen-bond acceptors (Lipinski definition) is 1. The van der Waals surface area contributed by atoms with E-state index in [2.05, 4.69) is 0 Å². The van der Waals surface area contributed by atoms with Crippen molar-refractivity contribution in [3.63, 3.8) is 0 Å². The lowest BCUT2D eigenvalue weighted by Gasteiger charge is -2.40. The number of rotatable bonds is 0. The van der Waals surface area contributed by atoms with Gasteiger partial charge in [-0.05, 0) is 31.6 Å². The average Bonchev–Trinajstić information content (AvgIpc) is 2.27. The Labute approximate surface area is 77.5 Å². The summed E-state index contributed by atoms with van der Waals surface area (Å²) in [5.41, 5.74) is -1.09. The van der Waals surface area contributed by atoms with Crippen LogP contribution < -0.4 is 0 Å². The molecule has 2 atom stereocenters. The first-order valence-electron chi connectivity index (χ1n) is 5.08. The topological polar surface area (TPSA) is 9.23 Å². The standard InChI is InChI=1S/C10H16F2O/c1-8-3-6-13-9(7-8)4-2-5-10(9,11)12/h8H,2-7H2,1H3. The molecule has 3 heteroatoms. The summed E-state index contributed by atoms with van der Waals surface area (Å²) in [5.74, 6) is -2.19. The SMILES string of the molecule is CC1CCOC2(CCCC2(F)F)C1. The molecule has 2 rings (SSSR count). The van der Waals surface area contributed by atoms with Gasteiger partial charge in [0, 0.05) is 13.0 Å². The van der Waals surface area contributed by atoms with Gasteiger partial charge in [-0.1, -0.05) is 6.92 Å². The first-order chi connectivity index (χ1) is 6.06. The van der Waals surface area contributed by atoms with E-state index in [1.807, 2.05) is 6.92 Å². The molecule has 1 saturated carbocycles. The maximum absolute atomic E-state index is 13.5. The highest BCUT2D eigenvalue weighted by atomic mass is 19.3. The lowest BCUT2D eigenvalue weighted by molar-refractivity contribution is -0.215. The molecule has 2 unspecified atom stereocenters. The molecule has 13 heavy (non-hydrogen) atoms. The van der Waals surface area contributed by atoms with Crippen molar-refractivity contribution in [2.75, 3.05) is 6.61 Å². The monoisotopic (exact) mass is 190 g/mol. The lowest BCUT2D eigenvalue weighted by Crippen LogP contribution is -2.49. The Morgan fingerprint density at radius 3 is 2.62 bits per heavy atom. The Morgan fingerprint density at radius 1 is 1.31 bits per heavy atom. The smallest absolute Gasteiger partial charge is 0.276 e. The molecular weight excluding hydrogens is 174 g/mol. The number of halogens is 2. The molecular formula is C10H16F2O. The van der Waals surface area contributed by atoms with E-state index in [-0.39, 0.29) is 6.42 Å². The quantitative estimate of drug-likeness (QED) is 0.570. The van der Waals surface area contributed by atoms with E-state index in [0.29, 0.717) is 31.8 Å². The fraction of sp³-hybridized carbons (Fsp3) is 1.00. The molecule has 0 aromatic carbocycles. The molecule has 0 N–H and O–H groups in total. The summed E-state index contributed by atoms with van der Waals surface area (Å²) in [6, 6.07) is 0. The van der Waals surface area contributed by atoms with Crippen molar-refractivity contribution in [1.29, 1.82) is 0 Å². The third kappa shape index (κ3) is 1.37. The van der Waals surface area contributed by atoms with Gasteiger partial charge in [0.05, 0.1) is 0 Å². The normalized spacial score (nSPS) is 44.1. The maximum Gasteiger partial charge on any atom is 0.276 e. The van der Waals surface area contributed by atoms with Crippen LogP contribution in [0.1, 0.15) is 39.0 Å². The average molecular weight is 190 g/mol. The largest absolute Gasteiger partial charge is 0.369 e. The van der Waals surface area contributed by atoms with E-state index >= 15 is 0 Å². The van der Waals surface area contributed by atoms with Crippen LogP contribution in [-0.2, 0) is 4.74 Å². The highest BCUT2D eigenvalue weighted by Gasteiger charge is 2.59. The number of hydrogen-bond donors (Lipinski definition) is 0. The van der Waals surface area contributed by atoms with Crippen LogP contribution in [0.5, 0.6) is 0 Å². The zero-order valence-corrected chi connectivity index (χ0v) is 7.98. The van der Waals surface area contributed by atoms with Crippen LogP contribution in [0, 0.1) is 5.92 Å². The van der Waals surface area contributed by atoms with Gasteiger partial charge in [-0.2, -0.15) is 0 Å².